The van der Waals surface area contributed by atoms with Gasteiger partial charge in [-0.3, -0.25) is 0 Å². The number of aromatic nitrogens is 2. The Kier molecular flexibility index (Phi) is 17.5. The predicted octanol–water partition coefficient (Wildman–Crippen LogP) is 11.2. The molecule has 0 amide bonds. The van der Waals surface area contributed by atoms with Gasteiger partial charge in [-0.25, -0.2) is 9.97 Å². The number of benzene rings is 2. The fraction of sp³-hybridized carbons (Fsp3) is 0.619. The lowest BCUT2D eigenvalue weighted by molar-refractivity contribution is 0.0366. The van der Waals surface area contributed by atoms with Gasteiger partial charge < -0.3 is 14.2 Å². The average molecular weight is 671 g/mol. The van der Waals surface area contributed by atoms with Crippen LogP contribution in [0.25, 0.3) is 22.5 Å². The summed E-state index contributed by atoms with van der Waals surface area (Å²) in [6.45, 7) is 11.1. The Balaban J connectivity index is 1.19. The number of ether oxygens (including phenoxy) is 3. The van der Waals surface area contributed by atoms with Crippen LogP contribution in [-0.2, 0) is 4.74 Å². The van der Waals surface area contributed by atoms with E-state index < -0.39 is 0 Å². The summed E-state index contributed by atoms with van der Waals surface area (Å²) in [7, 11) is 0.799. The minimum atomic E-state index is -0.239. The monoisotopic (exact) mass is 670 g/mol. The number of fused-ring (bicyclic) bond motifs is 1. The Morgan fingerprint density at radius 1 is 0.688 bits per heavy atom. The first kappa shape index (κ1) is 38.1. The Morgan fingerprint density at radius 3 is 2.08 bits per heavy atom. The van der Waals surface area contributed by atoms with Crippen LogP contribution in [0.2, 0.25) is 6.04 Å². The zero-order chi connectivity index (χ0) is 33.8. The molecule has 0 N–H and O–H groups in total. The molecule has 3 unspecified atom stereocenters. The summed E-state index contributed by atoms with van der Waals surface area (Å²) in [6, 6.07) is 16.0. The van der Waals surface area contributed by atoms with Gasteiger partial charge in [0.25, 0.3) is 0 Å². The van der Waals surface area contributed by atoms with Crippen LogP contribution in [-0.4, -0.2) is 39.0 Å². The van der Waals surface area contributed by atoms with Crippen molar-refractivity contribution in [2.24, 2.45) is 11.8 Å². The first-order valence-electron chi connectivity index (χ1n) is 19.3. The molecule has 0 spiro atoms. The second kappa shape index (κ2) is 22.1. The van der Waals surface area contributed by atoms with Gasteiger partial charge in [0.1, 0.15) is 0 Å². The van der Waals surface area contributed by atoms with Crippen molar-refractivity contribution in [1.29, 1.82) is 0 Å². The lowest BCUT2D eigenvalue weighted by Crippen LogP contribution is -2.17. The van der Waals surface area contributed by atoms with E-state index in [1.165, 1.54) is 100 Å². The van der Waals surface area contributed by atoms with Crippen LogP contribution >= 0.6 is 0 Å². The summed E-state index contributed by atoms with van der Waals surface area (Å²) in [4.78, 5) is 9.55. The number of hydrogen-bond donors (Lipinski definition) is 0. The smallest absolute Gasteiger partial charge is 0.241 e. The molecule has 3 atom stereocenters. The zero-order valence-corrected chi connectivity index (χ0v) is 31.5. The summed E-state index contributed by atoms with van der Waals surface area (Å²) in [6.07, 6.45) is 24.0. The maximum atomic E-state index is 6.14. The molecular formula is C42H62N2O3Si. The predicted molar refractivity (Wildman–Crippen MR) is 203 cm³/mol. The van der Waals surface area contributed by atoms with Crippen molar-refractivity contribution in [3.8, 4) is 34.0 Å². The third kappa shape index (κ3) is 13.3. The molecule has 0 fully saturated rings. The molecule has 262 valence electrons. The maximum absolute atomic E-state index is 6.14. The van der Waals surface area contributed by atoms with E-state index in [2.05, 4.69) is 52.0 Å². The second-order valence-electron chi connectivity index (χ2n) is 14.0. The summed E-state index contributed by atoms with van der Waals surface area (Å²) >= 11 is 0. The van der Waals surface area contributed by atoms with E-state index in [4.69, 9.17) is 24.2 Å². The molecule has 3 aromatic rings. The molecule has 4 rings (SSSR count). The van der Waals surface area contributed by atoms with Gasteiger partial charge in [-0.2, -0.15) is 0 Å². The van der Waals surface area contributed by atoms with Gasteiger partial charge in [-0.1, -0.05) is 140 Å². The molecule has 1 aliphatic rings. The van der Waals surface area contributed by atoms with Crippen LogP contribution in [0.15, 0.2) is 54.9 Å². The van der Waals surface area contributed by atoms with E-state index in [-0.39, 0.29) is 6.29 Å². The number of hydrogen-bond acceptors (Lipinski definition) is 5. The molecule has 2 radical (unpaired) electrons. The fourth-order valence-corrected chi connectivity index (χ4v) is 8.02. The topological polar surface area (TPSA) is 53.5 Å². The molecule has 1 aliphatic heterocycles. The number of rotatable bonds is 25. The molecule has 6 heteroatoms. The van der Waals surface area contributed by atoms with Crippen molar-refractivity contribution in [3.63, 3.8) is 0 Å². The SMILES string of the molecule is CCCCCCOCCCCC1Oc2ccc(-c3ncc(-c4ccccc4[Si]CCC(C)CCCCC(C)CCCCC)cn3)cc2O1. The molecule has 0 aliphatic carbocycles. The Morgan fingerprint density at radius 2 is 1.33 bits per heavy atom. The minimum Gasteiger partial charge on any atom is -0.451 e. The van der Waals surface area contributed by atoms with Gasteiger partial charge in [0, 0.05) is 43.2 Å². The van der Waals surface area contributed by atoms with Gasteiger partial charge in [0.2, 0.25) is 6.29 Å². The van der Waals surface area contributed by atoms with Crippen molar-refractivity contribution in [2.45, 2.75) is 143 Å². The summed E-state index contributed by atoms with van der Waals surface area (Å²) in [5, 5.41) is 1.41. The van der Waals surface area contributed by atoms with Crippen LogP contribution in [0.1, 0.15) is 130 Å². The maximum Gasteiger partial charge on any atom is 0.241 e. The van der Waals surface area contributed by atoms with E-state index in [1.54, 1.807) is 0 Å². The third-order valence-corrected chi connectivity index (χ3v) is 11.0. The van der Waals surface area contributed by atoms with Gasteiger partial charge >= 0.3 is 0 Å². The number of unbranched alkanes of at least 4 members (excludes halogenated alkanes) is 7. The van der Waals surface area contributed by atoms with E-state index in [0.717, 1.165) is 76.5 Å². The van der Waals surface area contributed by atoms with E-state index in [9.17, 15) is 0 Å². The lowest BCUT2D eigenvalue weighted by atomic mass is 9.94. The fourth-order valence-electron chi connectivity index (χ4n) is 6.49. The minimum absolute atomic E-state index is 0.239. The molecule has 2 heterocycles. The van der Waals surface area contributed by atoms with Crippen LogP contribution < -0.4 is 14.7 Å². The zero-order valence-electron chi connectivity index (χ0n) is 30.5. The largest absolute Gasteiger partial charge is 0.451 e. The van der Waals surface area contributed by atoms with E-state index >= 15 is 0 Å². The van der Waals surface area contributed by atoms with Crippen LogP contribution in [0.5, 0.6) is 11.5 Å². The van der Waals surface area contributed by atoms with Crippen molar-refractivity contribution in [2.75, 3.05) is 13.2 Å². The second-order valence-corrected chi connectivity index (χ2v) is 15.4. The van der Waals surface area contributed by atoms with Gasteiger partial charge in [0.15, 0.2) is 17.3 Å². The summed E-state index contributed by atoms with van der Waals surface area (Å²) in [5.41, 5.74) is 3.27. The molecule has 5 nitrogen and oxygen atoms in total. The molecular weight excluding hydrogens is 609 g/mol. The molecule has 0 saturated heterocycles. The Labute approximate surface area is 294 Å². The molecule has 1 aromatic heterocycles. The first-order chi connectivity index (χ1) is 23.6. The standard InChI is InChI=1S/C42H62N2O3Si/c1-5-7-9-16-27-45-28-17-15-23-41-46-38-25-24-35(30-39(38)47-41)42-43-31-36(32-44-42)37-21-13-14-22-40(37)48-29-26-34(4)20-12-11-19-33(3)18-10-8-6-2/h13-14,21-22,24-25,30-34,41H,5-12,15-20,23,26-29H2,1-4H3. The van der Waals surface area contributed by atoms with Crippen LogP contribution in [0, 0.1) is 11.8 Å². The summed E-state index contributed by atoms with van der Waals surface area (Å²) in [5.74, 6) is 3.96. The Hall–Kier alpha value is -2.70. The summed E-state index contributed by atoms with van der Waals surface area (Å²) < 4.78 is 18.0. The molecule has 48 heavy (non-hydrogen) atoms. The normalized spacial score (nSPS) is 15.1. The highest BCUT2D eigenvalue weighted by Crippen LogP contribution is 2.38. The van der Waals surface area contributed by atoms with Crippen molar-refractivity contribution >= 4 is 14.7 Å². The van der Waals surface area contributed by atoms with E-state index in [0.29, 0.717) is 5.82 Å². The highest BCUT2D eigenvalue weighted by Gasteiger charge is 2.24. The number of nitrogens with zero attached hydrogens (tertiary/aromatic N) is 2. The van der Waals surface area contributed by atoms with Gasteiger partial charge in [0.05, 0.1) is 9.52 Å². The Bertz CT molecular complexity index is 1300. The van der Waals surface area contributed by atoms with Crippen molar-refractivity contribution < 1.29 is 14.2 Å². The highest BCUT2D eigenvalue weighted by atomic mass is 28.2. The van der Waals surface area contributed by atoms with Crippen molar-refractivity contribution in [1.82, 2.24) is 9.97 Å². The first-order valence-corrected chi connectivity index (χ1v) is 20.5. The molecule has 2 aromatic carbocycles. The van der Waals surface area contributed by atoms with Crippen LogP contribution in [0.3, 0.4) is 0 Å². The van der Waals surface area contributed by atoms with E-state index in [1.807, 2.05) is 30.6 Å². The average Bonchev–Trinajstić information content (AvgIpc) is 3.52. The van der Waals surface area contributed by atoms with Crippen LogP contribution in [0.4, 0.5) is 0 Å². The van der Waals surface area contributed by atoms with Gasteiger partial charge in [-0.15, -0.1) is 0 Å². The third-order valence-electron chi connectivity index (χ3n) is 9.63. The van der Waals surface area contributed by atoms with Gasteiger partial charge in [-0.05, 0) is 54.9 Å². The van der Waals surface area contributed by atoms with Crippen molar-refractivity contribution in [3.05, 3.63) is 54.9 Å². The lowest BCUT2D eigenvalue weighted by Gasteiger charge is -2.14. The quantitative estimate of drug-likeness (QED) is 0.0663. The molecule has 0 saturated carbocycles. The molecule has 0 bridgehead atoms. The highest BCUT2D eigenvalue weighted by molar-refractivity contribution is 6.55.